The Bertz CT molecular complexity index is 241. The molecular weight excluding hydrogens is 186 g/mol. The van der Waals surface area contributed by atoms with Gasteiger partial charge in [0, 0.05) is 11.6 Å². The Balaban J connectivity index is 4.54. The maximum Gasteiger partial charge on any atom is 0.190 e. The van der Waals surface area contributed by atoms with Crippen molar-refractivity contribution < 1.29 is 4.74 Å². The predicted molar refractivity (Wildman–Crippen MR) is 67.1 cm³/mol. The van der Waals surface area contributed by atoms with E-state index in [-0.39, 0.29) is 0 Å². The first-order valence-electron chi connectivity index (χ1n) is 5.60. The second-order valence-corrected chi connectivity index (χ2v) is 5.01. The third kappa shape index (κ3) is 5.60. The number of rotatable bonds is 5. The summed E-state index contributed by atoms with van der Waals surface area (Å²) in [6.45, 7) is 14.6. The molecule has 0 rings (SSSR count). The van der Waals surface area contributed by atoms with Crippen LogP contribution in [0.25, 0.3) is 0 Å². The second-order valence-electron chi connectivity index (χ2n) is 5.01. The topological polar surface area (TPSA) is 21.6 Å². The van der Waals surface area contributed by atoms with Crippen molar-refractivity contribution in [2.24, 2.45) is 16.3 Å². The van der Waals surface area contributed by atoms with Crippen molar-refractivity contribution in [1.82, 2.24) is 0 Å². The van der Waals surface area contributed by atoms with E-state index in [1.807, 2.05) is 6.92 Å². The standard InChI is InChI=1S/C13H25NO/c1-8-13(5,6)9-11(4)12(15-7)14-10(2)3/h11H,2,8-9H2,1,3-7H3/b14-12+. The van der Waals surface area contributed by atoms with Gasteiger partial charge in [0.05, 0.1) is 7.11 Å². The lowest BCUT2D eigenvalue weighted by atomic mass is 9.81. The SMILES string of the molecule is C=C(C)/N=C(/OC)C(C)CC(C)(C)CC. The maximum absolute atomic E-state index is 5.30. The van der Waals surface area contributed by atoms with Crippen molar-refractivity contribution >= 4 is 5.90 Å². The van der Waals surface area contributed by atoms with Crippen LogP contribution in [0.4, 0.5) is 0 Å². The minimum atomic E-state index is 0.341. The lowest BCUT2D eigenvalue weighted by Crippen LogP contribution is -2.21. The molecule has 15 heavy (non-hydrogen) atoms. The summed E-state index contributed by atoms with van der Waals surface area (Å²) in [5.41, 5.74) is 1.14. The van der Waals surface area contributed by atoms with Crippen molar-refractivity contribution in [3.63, 3.8) is 0 Å². The number of nitrogens with zero attached hydrogens (tertiary/aromatic N) is 1. The highest BCUT2D eigenvalue weighted by Crippen LogP contribution is 2.29. The summed E-state index contributed by atoms with van der Waals surface area (Å²) in [6, 6.07) is 0. The molecule has 0 amide bonds. The number of aliphatic imine (C=N–C) groups is 1. The Labute approximate surface area is 94.4 Å². The predicted octanol–water partition coefficient (Wildman–Crippen LogP) is 4.03. The molecule has 0 radical (unpaired) electrons. The summed E-state index contributed by atoms with van der Waals surface area (Å²) < 4.78 is 5.30. The second kappa shape index (κ2) is 5.94. The van der Waals surface area contributed by atoms with Gasteiger partial charge in [-0.05, 0) is 18.8 Å². The fourth-order valence-corrected chi connectivity index (χ4v) is 1.61. The first-order chi connectivity index (χ1) is 6.82. The van der Waals surface area contributed by atoms with Crippen molar-refractivity contribution in [2.45, 2.75) is 47.5 Å². The van der Waals surface area contributed by atoms with E-state index in [0.29, 0.717) is 11.3 Å². The van der Waals surface area contributed by atoms with E-state index in [9.17, 15) is 0 Å². The van der Waals surface area contributed by atoms with Crippen LogP contribution in [0.3, 0.4) is 0 Å². The lowest BCUT2D eigenvalue weighted by molar-refractivity contribution is 0.271. The molecule has 0 aliphatic heterocycles. The quantitative estimate of drug-likeness (QED) is 0.497. The summed E-state index contributed by atoms with van der Waals surface area (Å²) in [4.78, 5) is 4.31. The first-order valence-corrected chi connectivity index (χ1v) is 5.60. The Morgan fingerprint density at radius 3 is 2.33 bits per heavy atom. The Morgan fingerprint density at radius 2 is 2.00 bits per heavy atom. The van der Waals surface area contributed by atoms with Crippen LogP contribution in [0, 0.1) is 11.3 Å². The van der Waals surface area contributed by atoms with Gasteiger partial charge < -0.3 is 4.74 Å². The van der Waals surface area contributed by atoms with E-state index < -0.39 is 0 Å². The van der Waals surface area contributed by atoms with Gasteiger partial charge >= 0.3 is 0 Å². The molecular formula is C13H25NO. The van der Waals surface area contributed by atoms with Gasteiger partial charge in [0.15, 0.2) is 5.90 Å². The van der Waals surface area contributed by atoms with E-state index in [2.05, 4.69) is 39.3 Å². The van der Waals surface area contributed by atoms with Crippen LogP contribution in [-0.2, 0) is 4.74 Å². The normalized spacial score (nSPS) is 14.9. The van der Waals surface area contributed by atoms with Gasteiger partial charge in [-0.2, -0.15) is 0 Å². The number of methoxy groups -OCH3 is 1. The molecule has 2 heteroatoms. The minimum Gasteiger partial charge on any atom is -0.484 e. The van der Waals surface area contributed by atoms with Crippen LogP contribution in [0.5, 0.6) is 0 Å². The molecule has 0 aromatic rings. The third-order valence-electron chi connectivity index (χ3n) is 2.75. The minimum absolute atomic E-state index is 0.341. The van der Waals surface area contributed by atoms with Gasteiger partial charge in [-0.1, -0.05) is 40.7 Å². The smallest absolute Gasteiger partial charge is 0.190 e. The summed E-state index contributed by atoms with van der Waals surface area (Å²) >= 11 is 0. The molecule has 0 fully saturated rings. The number of ether oxygens (including phenoxy) is 1. The van der Waals surface area contributed by atoms with Crippen molar-refractivity contribution in [1.29, 1.82) is 0 Å². The fourth-order valence-electron chi connectivity index (χ4n) is 1.61. The van der Waals surface area contributed by atoms with E-state index in [1.165, 1.54) is 6.42 Å². The van der Waals surface area contributed by atoms with Crippen LogP contribution in [-0.4, -0.2) is 13.0 Å². The number of hydrogen-bond acceptors (Lipinski definition) is 2. The maximum atomic E-state index is 5.30. The van der Waals surface area contributed by atoms with Crippen molar-refractivity contribution in [2.75, 3.05) is 7.11 Å². The monoisotopic (exact) mass is 211 g/mol. The molecule has 0 saturated heterocycles. The highest BCUT2D eigenvalue weighted by atomic mass is 16.5. The molecule has 0 aromatic heterocycles. The van der Waals surface area contributed by atoms with Gasteiger partial charge in [0.2, 0.25) is 0 Å². The van der Waals surface area contributed by atoms with E-state index >= 15 is 0 Å². The Kier molecular flexibility index (Phi) is 5.63. The van der Waals surface area contributed by atoms with Crippen LogP contribution >= 0.6 is 0 Å². The molecule has 0 saturated carbocycles. The molecule has 1 atom stereocenters. The Morgan fingerprint density at radius 1 is 1.47 bits per heavy atom. The molecule has 88 valence electrons. The highest BCUT2D eigenvalue weighted by molar-refractivity contribution is 5.79. The first kappa shape index (κ1) is 14.2. The lowest BCUT2D eigenvalue weighted by Gasteiger charge is -2.26. The zero-order valence-electron chi connectivity index (χ0n) is 11.1. The number of hydrogen-bond donors (Lipinski definition) is 0. The van der Waals surface area contributed by atoms with Crippen LogP contribution in [0.15, 0.2) is 17.3 Å². The Hall–Kier alpha value is -0.790. The summed E-state index contributed by atoms with van der Waals surface area (Å²) in [5, 5.41) is 0. The summed E-state index contributed by atoms with van der Waals surface area (Å²) in [5.74, 6) is 1.14. The van der Waals surface area contributed by atoms with Gasteiger partial charge in [0.25, 0.3) is 0 Å². The molecule has 1 unspecified atom stereocenters. The molecule has 2 nitrogen and oxygen atoms in total. The van der Waals surface area contributed by atoms with E-state index in [1.54, 1.807) is 7.11 Å². The average molecular weight is 211 g/mol. The van der Waals surface area contributed by atoms with Gasteiger partial charge in [-0.15, -0.1) is 0 Å². The van der Waals surface area contributed by atoms with Crippen molar-refractivity contribution in [3.8, 4) is 0 Å². The van der Waals surface area contributed by atoms with E-state index in [4.69, 9.17) is 4.74 Å². The molecule has 0 N–H and O–H groups in total. The molecule has 0 aliphatic rings. The number of allylic oxidation sites excluding steroid dienone is 1. The molecule has 0 aliphatic carbocycles. The van der Waals surface area contributed by atoms with Crippen molar-refractivity contribution in [3.05, 3.63) is 12.3 Å². The van der Waals surface area contributed by atoms with E-state index in [0.717, 1.165) is 18.0 Å². The average Bonchev–Trinajstić information content (AvgIpc) is 2.13. The highest BCUT2D eigenvalue weighted by Gasteiger charge is 2.22. The summed E-state index contributed by atoms with van der Waals surface area (Å²) in [6.07, 6.45) is 2.25. The molecule has 0 spiro atoms. The van der Waals surface area contributed by atoms with Crippen LogP contribution in [0.1, 0.15) is 47.5 Å². The van der Waals surface area contributed by atoms with Crippen LogP contribution < -0.4 is 0 Å². The molecule has 0 heterocycles. The van der Waals surface area contributed by atoms with Gasteiger partial charge in [-0.25, -0.2) is 4.99 Å². The van der Waals surface area contributed by atoms with Gasteiger partial charge in [0.1, 0.15) is 0 Å². The molecule has 0 aromatic carbocycles. The van der Waals surface area contributed by atoms with Crippen LogP contribution in [0.2, 0.25) is 0 Å². The summed E-state index contributed by atoms with van der Waals surface area (Å²) in [7, 11) is 1.68. The molecule has 0 bridgehead atoms. The third-order valence-corrected chi connectivity index (χ3v) is 2.75. The fraction of sp³-hybridized carbons (Fsp3) is 0.769. The van der Waals surface area contributed by atoms with Gasteiger partial charge in [-0.3, -0.25) is 0 Å². The zero-order valence-corrected chi connectivity index (χ0v) is 11.1. The zero-order chi connectivity index (χ0) is 12.1. The largest absolute Gasteiger partial charge is 0.484 e.